The highest BCUT2D eigenvalue weighted by atomic mass is 16.5. The fourth-order valence-electron chi connectivity index (χ4n) is 7.66. The summed E-state index contributed by atoms with van der Waals surface area (Å²) in [5.74, 6) is 2.00. The molecule has 0 bridgehead atoms. The highest BCUT2D eigenvalue weighted by molar-refractivity contribution is 5.84. The van der Waals surface area contributed by atoms with Crippen LogP contribution in [0, 0.1) is 11.8 Å². The Kier molecular flexibility index (Phi) is 7.57. The second kappa shape index (κ2) is 12.1. The van der Waals surface area contributed by atoms with Crippen LogP contribution in [0.5, 0.6) is 0 Å². The molecule has 2 aromatic heterocycles. The number of aromatic nitrogens is 4. The van der Waals surface area contributed by atoms with E-state index in [1.54, 1.807) is 17.3 Å². The standard InChI is InChI=1S/C35H36N8O6/c1-49-35(48)39-17-31(45)43-27-11-23(27)13-29(43)33-37-15-25(41-33)21-8-4-19(5-9-21)18-2-6-20(7-3-18)24-14-36-32(40-24)28-12-22-10-26(22)42(28)30(44)16-38-34(46)47/h2-9,14-15,22-23,26-29,38H,10-13,16-17H2,1H3,(H,36,40)(H,37,41)(H,39,48)(H,46,47)/t22-,23+,26-,27-,28-,29-/m0/s1. The Balaban J connectivity index is 0.918. The molecule has 5 N–H and O–H groups in total. The number of benzene rings is 2. The summed E-state index contributed by atoms with van der Waals surface area (Å²) in [6.07, 6.45) is 5.35. The van der Waals surface area contributed by atoms with Crippen molar-refractivity contribution in [3.05, 3.63) is 72.6 Å². The van der Waals surface area contributed by atoms with Gasteiger partial charge < -0.3 is 40.2 Å². The summed E-state index contributed by atoms with van der Waals surface area (Å²) in [4.78, 5) is 67.9. The zero-order valence-electron chi connectivity index (χ0n) is 26.8. The first kappa shape index (κ1) is 30.7. The molecule has 2 aromatic carbocycles. The zero-order valence-corrected chi connectivity index (χ0v) is 26.8. The van der Waals surface area contributed by atoms with Crippen LogP contribution in [-0.4, -0.2) is 91.1 Å². The van der Waals surface area contributed by atoms with E-state index in [0.29, 0.717) is 17.7 Å². The van der Waals surface area contributed by atoms with Crippen LogP contribution in [0.15, 0.2) is 60.9 Å². The number of carboxylic acid groups (broad SMARTS) is 1. The van der Waals surface area contributed by atoms with E-state index in [0.717, 1.165) is 65.1 Å². The van der Waals surface area contributed by atoms with E-state index in [1.165, 1.54) is 7.11 Å². The number of carbonyl (C=O) groups excluding carboxylic acids is 3. The van der Waals surface area contributed by atoms with Crippen LogP contribution in [0.2, 0.25) is 0 Å². The molecule has 4 aromatic rings. The van der Waals surface area contributed by atoms with Gasteiger partial charge in [0.15, 0.2) is 0 Å². The third kappa shape index (κ3) is 5.87. The smallest absolute Gasteiger partial charge is 0.407 e. The molecule has 252 valence electrons. The van der Waals surface area contributed by atoms with Gasteiger partial charge in [-0.2, -0.15) is 0 Å². The maximum absolute atomic E-state index is 13.0. The molecule has 4 fully saturated rings. The number of fused-ring (bicyclic) bond motifs is 2. The van der Waals surface area contributed by atoms with Gasteiger partial charge in [-0.15, -0.1) is 0 Å². The van der Waals surface area contributed by atoms with E-state index < -0.39 is 12.2 Å². The molecule has 4 heterocycles. The lowest BCUT2D eigenvalue weighted by atomic mass is 10.0. The number of methoxy groups -OCH3 is 1. The van der Waals surface area contributed by atoms with Gasteiger partial charge in [0.25, 0.3) is 0 Å². The average Bonchev–Trinajstić information content (AvgIpc) is 3.71. The van der Waals surface area contributed by atoms with Crippen LogP contribution in [0.4, 0.5) is 9.59 Å². The first-order chi connectivity index (χ1) is 23.8. The van der Waals surface area contributed by atoms with E-state index in [-0.39, 0.29) is 49.1 Å². The Morgan fingerprint density at radius 3 is 1.57 bits per heavy atom. The second-order valence-electron chi connectivity index (χ2n) is 13.3. The Labute approximate surface area is 281 Å². The molecule has 14 heteroatoms. The maximum Gasteiger partial charge on any atom is 0.407 e. The highest BCUT2D eigenvalue weighted by Crippen LogP contribution is 2.54. The third-order valence-electron chi connectivity index (χ3n) is 10.3. The Morgan fingerprint density at radius 2 is 1.14 bits per heavy atom. The Hall–Kier alpha value is -5.66. The summed E-state index contributed by atoms with van der Waals surface area (Å²) in [7, 11) is 1.27. The molecule has 4 amide bonds. The van der Waals surface area contributed by atoms with Crippen LogP contribution in [0.1, 0.15) is 49.4 Å². The average molecular weight is 665 g/mol. The van der Waals surface area contributed by atoms with E-state index >= 15 is 0 Å². The molecule has 2 aliphatic carbocycles. The predicted molar refractivity (Wildman–Crippen MR) is 176 cm³/mol. The maximum atomic E-state index is 13.0. The number of nitrogens with zero attached hydrogens (tertiary/aromatic N) is 4. The van der Waals surface area contributed by atoms with Gasteiger partial charge in [-0.1, -0.05) is 48.5 Å². The van der Waals surface area contributed by atoms with Crippen molar-refractivity contribution < 1.29 is 29.0 Å². The molecule has 0 radical (unpaired) electrons. The van der Waals surface area contributed by atoms with Crippen molar-refractivity contribution in [2.45, 2.75) is 49.9 Å². The van der Waals surface area contributed by atoms with Crippen LogP contribution in [0.25, 0.3) is 33.6 Å². The van der Waals surface area contributed by atoms with E-state index in [4.69, 9.17) is 5.11 Å². The van der Waals surface area contributed by atoms with Crippen molar-refractivity contribution in [2.75, 3.05) is 20.2 Å². The number of carbonyl (C=O) groups is 4. The number of ether oxygens (including phenoxy) is 1. The van der Waals surface area contributed by atoms with Crippen molar-refractivity contribution in [2.24, 2.45) is 11.8 Å². The van der Waals surface area contributed by atoms with Gasteiger partial charge in [0.1, 0.15) is 24.7 Å². The molecule has 8 rings (SSSR count). The lowest BCUT2D eigenvalue weighted by Gasteiger charge is -2.26. The quantitative estimate of drug-likeness (QED) is 0.177. The number of likely N-dealkylation sites (tertiary alicyclic amines) is 2. The number of alkyl carbamates (subject to hydrolysis) is 1. The number of amides is 4. The number of rotatable bonds is 9. The van der Waals surface area contributed by atoms with Crippen LogP contribution >= 0.6 is 0 Å². The zero-order chi connectivity index (χ0) is 33.8. The number of H-pyrrole nitrogens is 2. The molecule has 2 saturated carbocycles. The van der Waals surface area contributed by atoms with Crippen molar-refractivity contribution in [1.82, 2.24) is 40.4 Å². The monoisotopic (exact) mass is 664 g/mol. The third-order valence-corrected chi connectivity index (χ3v) is 10.3. The van der Waals surface area contributed by atoms with Crippen molar-refractivity contribution in [3.8, 4) is 33.6 Å². The van der Waals surface area contributed by atoms with E-state index in [9.17, 15) is 19.2 Å². The van der Waals surface area contributed by atoms with Crippen molar-refractivity contribution in [1.29, 1.82) is 0 Å². The molecule has 0 spiro atoms. The van der Waals surface area contributed by atoms with Gasteiger partial charge >= 0.3 is 12.2 Å². The summed E-state index contributed by atoms with van der Waals surface area (Å²) in [6, 6.07) is 16.4. The largest absolute Gasteiger partial charge is 0.465 e. The number of nitrogens with one attached hydrogen (secondary N) is 4. The molecular formula is C35H36N8O6. The first-order valence-corrected chi connectivity index (χ1v) is 16.5. The number of aromatic amines is 2. The van der Waals surface area contributed by atoms with E-state index in [2.05, 4.69) is 59.6 Å². The van der Waals surface area contributed by atoms with Crippen molar-refractivity contribution in [3.63, 3.8) is 0 Å². The molecule has 14 nitrogen and oxygen atoms in total. The first-order valence-electron chi connectivity index (χ1n) is 16.5. The normalized spacial score (nSPS) is 24.6. The number of imidazole rings is 2. The number of hydrogen-bond donors (Lipinski definition) is 5. The molecule has 4 aliphatic rings. The minimum Gasteiger partial charge on any atom is -0.465 e. The molecule has 2 aliphatic heterocycles. The van der Waals surface area contributed by atoms with Gasteiger partial charge in [-0.3, -0.25) is 9.59 Å². The topological polar surface area (TPSA) is 186 Å². The minimum atomic E-state index is -1.21. The van der Waals surface area contributed by atoms with Crippen LogP contribution < -0.4 is 10.6 Å². The van der Waals surface area contributed by atoms with E-state index in [1.807, 2.05) is 29.2 Å². The number of hydrogen-bond acceptors (Lipinski definition) is 7. The Morgan fingerprint density at radius 1 is 0.714 bits per heavy atom. The summed E-state index contributed by atoms with van der Waals surface area (Å²) in [5.41, 5.74) is 5.78. The highest BCUT2D eigenvalue weighted by Gasteiger charge is 2.56. The summed E-state index contributed by atoms with van der Waals surface area (Å²) < 4.78 is 4.60. The summed E-state index contributed by atoms with van der Waals surface area (Å²) in [5, 5.41) is 13.6. The summed E-state index contributed by atoms with van der Waals surface area (Å²) in [6.45, 7) is -0.349. The fraction of sp³-hybridized carbons (Fsp3) is 0.371. The fourth-order valence-corrected chi connectivity index (χ4v) is 7.66. The summed E-state index contributed by atoms with van der Waals surface area (Å²) >= 11 is 0. The van der Waals surface area contributed by atoms with Crippen LogP contribution in [-0.2, 0) is 14.3 Å². The van der Waals surface area contributed by atoms with Gasteiger partial charge in [0.05, 0.1) is 43.0 Å². The lowest BCUT2D eigenvalue weighted by molar-refractivity contribution is -0.133. The van der Waals surface area contributed by atoms with Gasteiger partial charge in [0, 0.05) is 12.1 Å². The molecule has 0 unspecified atom stereocenters. The van der Waals surface area contributed by atoms with Crippen molar-refractivity contribution >= 4 is 24.0 Å². The number of piperidine rings is 2. The molecular weight excluding hydrogens is 628 g/mol. The molecule has 49 heavy (non-hydrogen) atoms. The second-order valence-corrected chi connectivity index (χ2v) is 13.3. The SMILES string of the molecule is COC(=O)NCC(=O)N1[C@H](c2ncc(-c3ccc(-c4ccc(-c5cnc([C@@H]6C[C@@H]7C[C@@H]7N6C(=O)CNC(=O)O)[nH]5)cc4)cc3)[nH]2)C[C@H]2C[C@@H]21. The molecule has 6 atom stereocenters. The van der Waals surface area contributed by atoms with Gasteiger partial charge in [-0.05, 0) is 59.8 Å². The van der Waals surface area contributed by atoms with Crippen LogP contribution in [0.3, 0.4) is 0 Å². The minimum absolute atomic E-state index is 0.108. The lowest BCUT2D eigenvalue weighted by Crippen LogP contribution is -2.41. The van der Waals surface area contributed by atoms with Gasteiger partial charge in [0.2, 0.25) is 11.8 Å². The van der Waals surface area contributed by atoms with Gasteiger partial charge in [-0.25, -0.2) is 19.6 Å². The predicted octanol–water partition coefficient (Wildman–Crippen LogP) is 4.08. The Bertz CT molecular complexity index is 1920. The molecule has 2 saturated heterocycles.